The van der Waals surface area contributed by atoms with Crippen LogP contribution in [-0.2, 0) is 39.6 Å². The van der Waals surface area contributed by atoms with E-state index in [4.69, 9.17) is 18.9 Å². The fourth-order valence-corrected chi connectivity index (χ4v) is 5.02. The van der Waals surface area contributed by atoms with Crippen LogP contribution < -0.4 is 4.74 Å². The molecular weight excluding hydrogens is 634 g/mol. The Morgan fingerprint density at radius 3 is 2.17 bits per heavy atom. The summed E-state index contributed by atoms with van der Waals surface area (Å²) in [6, 6.07) is 14.1. The van der Waals surface area contributed by atoms with Crippen molar-refractivity contribution in [2.24, 2.45) is 0 Å². The molecule has 0 aliphatic carbocycles. The molecule has 1 heterocycles. The molecule has 1 aliphatic rings. The predicted molar refractivity (Wildman–Crippen MR) is 158 cm³/mol. The Bertz CT molecular complexity index is 1480. The van der Waals surface area contributed by atoms with Crippen LogP contribution in [0.3, 0.4) is 0 Å². The van der Waals surface area contributed by atoms with Crippen molar-refractivity contribution in [3.8, 4) is 5.75 Å². The van der Waals surface area contributed by atoms with Gasteiger partial charge in [0.2, 0.25) is 0 Å². The monoisotopic (exact) mass is 668 g/mol. The lowest BCUT2D eigenvalue weighted by molar-refractivity contribution is -0.143. The fraction of sp³-hybridized carbons (Fsp3) is 0.394. The van der Waals surface area contributed by atoms with Crippen LogP contribution in [0, 0.1) is 6.92 Å². The first-order valence-corrected chi connectivity index (χ1v) is 14.6. The number of carbonyl (C=O) groups is 2. The van der Waals surface area contributed by atoms with Gasteiger partial charge in [0.05, 0.1) is 30.4 Å². The number of hydrogen-bond donors (Lipinski definition) is 0. The molecule has 0 radical (unpaired) electrons. The second kappa shape index (κ2) is 15.5. The van der Waals surface area contributed by atoms with Crippen molar-refractivity contribution in [1.82, 2.24) is 9.80 Å². The topological polar surface area (TPSA) is 77.5 Å². The van der Waals surface area contributed by atoms with Gasteiger partial charge in [0.15, 0.2) is 6.79 Å². The summed E-state index contributed by atoms with van der Waals surface area (Å²) in [5.74, 6) is -0.556. The molecule has 0 bridgehead atoms. The maximum atomic E-state index is 13.7. The zero-order chi connectivity index (χ0) is 34.2. The highest BCUT2D eigenvalue weighted by atomic mass is 19.4. The SMILES string of the molecule is COCCOCOc1cc(CC2CN(C(=O)OCc3ccccc3)CCN2C(=O)c2cc(C(F)(F)F)cc(C(F)(F)F)c2)ccc1C. The molecule has 3 aromatic carbocycles. The highest BCUT2D eigenvalue weighted by molar-refractivity contribution is 5.95. The maximum absolute atomic E-state index is 13.7. The van der Waals surface area contributed by atoms with E-state index >= 15 is 0 Å². The Balaban J connectivity index is 1.60. The van der Waals surface area contributed by atoms with Crippen molar-refractivity contribution in [2.75, 3.05) is 46.8 Å². The van der Waals surface area contributed by atoms with Gasteiger partial charge in [-0.2, -0.15) is 26.3 Å². The van der Waals surface area contributed by atoms with Gasteiger partial charge in [0.25, 0.3) is 5.91 Å². The van der Waals surface area contributed by atoms with Crippen LogP contribution in [0.1, 0.15) is 38.2 Å². The van der Waals surface area contributed by atoms with E-state index in [1.165, 1.54) is 16.9 Å². The first kappa shape index (κ1) is 35.6. The van der Waals surface area contributed by atoms with Crippen LogP contribution in [-0.4, -0.2) is 74.6 Å². The molecule has 0 N–H and O–H groups in total. The van der Waals surface area contributed by atoms with E-state index in [1.54, 1.807) is 49.4 Å². The van der Waals surface area contributed by atoms with E-state index in [2.05, 4.69) is 0 Å². The van der Waals surface area contributed by atoms with Crippen LogP contribution in [0.25, 0.3) is 0 Å². The second-order valence-electron chi connectivity index (χ2n) is 10.9. The molecule has 1 unspecified atom stereocenters. The summed E-state index contributed by atoms with van der Waals surface area (Å²) in [4.78, 5) is 29.3. The molecular formula is C33H34F6N2O6. The third kappa shape index (κ3) is 9.85. The zero-order valence-electron chi connectivity index (χ0n) is 25.7. The minimum atomic E-state index is -5.12. The van der Waals surface area contributed by atoms with Crippen LogP contribution in [0.2, 0.25) is 0 Å². The number of methoxy groups -OCH3 is 1. The van der Waals surface area contributed by atoms with Crippen molar-refractivity contribution < 1.29 is 54.9 Å². The van der Waals surface area contributed by atoms with Gasteiger partial charge < -0.3 is 28.7 Å². The average molecular weight is 669 g/mol. The number of alkyl halides is 6. The number of ether oxygens (including phenoxy) is 4. The molecule has 8 nitrogen and oxygen atoms in total. The summed E-state index contributed by atoms with van der Waals surface area (Å²) < 4.78 is 103. The van der Waals surface area contributed by atoms with Gasteiger partial charge in [-0.3, -0.25) is 4.79 Å². The molecule has 0 spiro atoms. The van der Waals surface area contributed by atoms with Gasteiger partial charge in [0.1, 0.15) is 12.4 Å². The normalized spacial score (nSPS) is 15.4. The quantitative estimate of drug-likeness (QED) is 0.128. The van der Waals surface area contributed by atoms with Gasteiger partial charge >= 0.3 is 18.4 Å². The lowest BCUT2D eigenvalue weighted by atomic mass is 9.98. The number of aryl methyl sites for hydroxylation is 1. The molecule has 1 fully saturated rings. The summed E-state index contributed by atoms with van der Waals surface area (Å²) in [5, 5.41) is 0. The van der Waals surface area contributed by atoms with Crippen molar-refractivity contribution in [1.29, 1.82) is 0 Å². The van der Waals surface area contributed by atoms with Crippen molar-refractivity contribution in [2.45, 2.75) is 38.3 Å². The molecule has 2 amide bonds. The smallest absolute Gasteiger partial charge is 0.416 e. The summed E-state index contributed by atoms with van der Waals surface area (Å²) in [6.07, 6.45) is -10.8. The summed E-state index contributed by atoms with van der Waals surface area (Å²) in [5.41, 5.74) is -1.79. The molecule has 1 aliphatic heterocycles. The number of carbonyl (C=O) groups excluding carboxylic acids is 2. The van der Waals surface area contributed by atoms with E-state index in [9.17, 15) is 35.9 Å². The van der Waals surface area contributed by atoms with Crippen molar-refractivity contribution >= 4 is 12.0 Å². The zero-order valence-corrected chi connectivity index (χ0v) is 25.7. The largest absolute Gasteiger partial charge is 0.467 e. The van der Waals surface area contributed by atoms with Gasteiger partial charge in [-0.15, -0.1) is 0 Å². The number of halogens is 6. The first-order chi connectivity index (χ1) is 22.3. The molecule has 0 saturated carbocycles. The number of hydrogen-bond acceptors (Lipinski definition) is 6. The third-order valence-corrected chi connectivity index (χ3v) is 7.49. The Hall–Kier alpha value is -4.30. The fourth-order valence-electron chi connectivity index (χ4n) is 5.02. The summed E-state index contributed by atoms with van der Waals surface area (Å²) in [6.45, 7) is 2.09. The van der Waals surface area contributed by atoms with Crippen molar-refractivity contribution in [3.63, 3.8) is 0 Å². The standard InChI is InChI=1S/C33H34F6N2O6/c1-22-8-9-24(15-29(22)47-21-45-13-12-44-2)14-28-19-40(31(43)46-20-23-6-4-3-5-7-23)10-11-41(28)30(42)25-16-26(32(34,35)36)18-27(17-25)33(37,38)39/h3-9,15-18,28H,10-14,19-21H2,1-2H3. The van der Waals surface area contributed by atoms with E-state index in [0.29, 0.717) is 36.7 Å². The number of benzene rings is 3. The Labute approximate surface area is 267 Å². The van der Waals surface area contributed by atoms with Crippen LogP contribution >= 0.6 is 0 Å². The summed E-state index contributed by atoms with van der Waals surface area (Å²) >= 11 is 0. The van der Waals surface area contributed by atoms with E-state index in [-0.39, 0.29) is 45.5 Å². The van der Waals surface area contributed by atoms with E-state index in [0.717, 1.165) is 11.1 Å². The molecule has 0 aromatic heterocycles. The highest BCUT2D eigenvalue weighted by Gasteiger charge is 2.39. The second-order valence-corrected chi connectivity index (χ2v) is 10.9. The maximum Gasteiger partial charge on any atom is 0.416 e. The number of piperazine rings is 1. The van der Waals surface area contributed by atoms with Crippen molar-refractivity contribution in [3.05, 3.63) is 100 Å². The third-order valence-electron chi connectivity index (χ3n) is 7.49. The number of amides is 2. The van der Waals surface area contributed by atoms with E-state index < -0.39 is 47.1 Å². The number of nitrogens with zero attached hydrogens (tertiary/aromatic N) is 2. The first-order valence-electron chi connectivity index (χ1n) is 14.6. The van der Waals surface area contributed by atoms with Crippen LogP contribution in [0.4, 0.5) is 31.1 Å². The number of rotatable bonds is 11. The van der Waals surface area contributed by atoms with Gasteiger partial charge in [0, 0.05) is 32.3 Å². The Morgan fingerprint density at radius 2 is 1.53 bits per heavy atom. The molecule has 3 aromatic rings. The highest BCUT2D eigenvalue weighted by Crippen LogP contribution is 2.37. The lowest BCUT2D eigenvalue weighted by Gasteiger charge is -2.41. The summed E-state index contributed by atoms with van der Waals surface area (Å²) in [7, 11) is 1.53. The minimum absolute atomic E-state index is 0.0148. The average Bonchev–Trinajstić information content (AvgIpc) is 3.04. The predicted octanol–water partition coefficient (Wildman–Crippen LogP) is 6.74. The Kier molecular flexibility index (Phi) is 11.7. The Morgan fingerprint density at radius 1 is 0.851 bits per heavy atom. The van der Waals surface area contributed by atoms with Gasteiger partial charge in [-0.25, -0.2) is 4.79 Å². The molecule has 1 atom stereocenters. The molecule has 47 heavy (non-hydrogen) atoms. The lowest BCUT2D eigenvalue weighted by Crippen LogP contribution is -2.57. The van der Waals surface area contributed by atoms with Crippen LogP contribution in [0.5, 0.6) is 5.75 Å². The molecule has 254 valence electrons. The van der Waals surface area contributed by atoms with Crippen LogP contribution in [0.15, 0.2) is 66.7 Å². The molecule has 14 heteroatoms. The van der Waals surface area contributed by atoms with E-state index in [1.807, 2.05) is 6.07 Å². The van der Waals surface area contributed by atoms with Gasteiger partial charge in [-0.05, 0) is 54.3 Å². The minimum Gasteiger partial charge on any atom is -0.467 e. The van der Waals surface area contributed by atoms with Gasteiger partial charge in [-0.1, -0.05) is 42.5 Å². The molecule has 4 rings (SSSR count). The molecule has 1 saturated heterocycles.